The Morgan fingerprint density at radius 1 is 0.975 bits per heavy atom. The van der Waals surface area contributed by atoms with Crippen molar-refractivity contribution in [3.8, 4) is 0 Å². The van der Waals surface area contributed by atoms with Gasteiger partial charge in [0.05, 0.1) is 33.0 Å². The van der Waals surface area contributed by atoms with Crippen LogP contribution >= 0.6 is 11.6 Å². The summed E-state index contributed by atoms with van der Waals surface area (Å²) in [5, 5.41) is 0.316. The maximum absolute atomic E-state index is 13.7. The number of sulfone groups is 1. The quantitative estimate of drug-likeness (QED) is 0.402. The SMILES string of the molecule is CC1CC12C(=O)N(c1ccc(S(=O)(=O)C(F)(F)F)cc1)C(=O)N2c1ccncc1NS(=O)(=O)c1ccc(Cl)cc1. The minimum absolute atomic E-state index is 0.0222. The van der Waals surface area contributed by atoms with Gasteiger partial charge in [0.15, 0.2) is 0 Å². The average molecular weight is 615 g/mol. The van der Waals surface area contributed by atoms with Gasteiger partial charge in [-0.2, -0.15) is 13.2 Å². The van der Waals surface area contributed by atoms with Gasteiger partial charge in [-0.1, -0.05) is 18.5 Å². The number of sulfonamides is 1. The Kier molecular flexibility index (Phi) is 6.39. The third-order valence-corrected chi connectivity index (χ3v) is 9.88. The average Bonchev–Trinajstić information content (AvgIpc) is 3.50. The van der Waals surface area contributed by atoms with Gasteiger partial charge in [-0.05, 0) is 66.9 Å². The molecule has 1 spiro atoms. The largest absolute Gasteiger partial charge is 0.501 e. The number of nitrogens with one attached hydrogen (secondary N) is 1. The molecule has 1 saturated carbocycles. The summed E-state index contributed by atoms with van der Waals surface area (Å²) in [4.78, 5) is 31.9. The summed E-state index contributed by atoms with van der Waals surface area (Å²) in [6.45, 7) is 1.71. The number of rotatable bonds is 6. The van der Waals surface area contributed by atoms with Gasteiger partial charge in [-0.25, -0.2) is 26.5 Å². The molecule has 5 rings (SSSR count). The van der Waals surface area contributed by atoms with E-state index >= 15 is 0 Å². The molecule has 2 fully saturated rings. The minimum Gasteiger partial charge on any atom is -0.276 e. The van der Waals surface area contributed by atoms with E-state index in [0.29, 0.717) is 17.2 Å². The topological polar surface area (TPSA) is 134 Å². The van der Waals surface area contributed by atoms with Crippen molar-refractivity contribution >= 4 is 60.5 Å². The predicted octanol–water partition coefficient (Wildman–Crippen LogP) is 4.58. The lowest BCUT2D eigenvalue weighted by atomic mass is 10.1. The maximum atomic E-state index is 13.7. The molecule has 1 aliphatic carbocycles. The number of urea groups is 1. The van der Waals surface area contributed by atoms with E-state index in [2.05, 4.69) is 9.71 Å². The normalized spacial score (nSPS) is 21.3. The second kappa shape index (κ2) is 9.17. The minimum atomic E-state index is -5.64. The van der Waals surface area contributed by atoms with Crippen LogP contribution in [0, 0.1) is 5.92 Å². The number of amides is 3. The maximum Gasteiger partial charge on any atom is 0.501 e. The molecule has 1 aromatic heterocycles. The van der Waals surface area contributed by atoms with Gasteiger partial charge in [0, 0.05) is 11.2 Å². The number of carbonyl (C=O) groups excluding carboxylic acids is 2. The number of hydrogen-bond donors (Lipinski definition) is 1. The molecule has 10 nitrogen and oxygen atoms in total. The summed E-state index contributed by atoms with van der Waals surface area (Å²) >= 11 is 5.84. The van der Waals surface area contributed by atoms with Gasteiger partial charge in [0.25, 0.3) is 25.8 Å². The zero-order chi connectivity index (χ0) is 29.3. The summed E-state index contributed by atoms with van der Waals surface area (Å²) in [5.41, 5.74) is -7.17. The Labute approximate surface area is 231 Å². The third kappa shape index (κ3) is 4.28. The number of nitrogens with zero attached hydrogens (tertiary/aromatic N) is 3. The molecule has 3 amide bonds. The highest BCUT2D eigenvalue weighted by Gasteiger charge is 2.71. The van der Waals surface area contributed by atoms with E-state index in [9.17, 15) is 39.6 Å². The van der Waals surface area contributed by atoms with Gasteiger partial charge in [0.2, 0.25) is 0 Å². The lowest BCUT2D eigenvalue weighted by Gasteiger charge is -2.25. The summed E-state index contributed by atoms with van der Waals surface area (Å²) in [6, 6.07) is 8.93. The molecule has 1 N–H and O–H groups in total. The first-order chi connectivity index (χ1) is 18.6. The van der Waals surface area contributed by atoms with Gasteiger partial charge in [0.1, 0.15) is 5.54 Å². The fourth-order valence-electron chi connectivity index (χ4n) is 4.60. The summed E-state index contributed by atoms with van der Waals surface area (Å²) in [6.07, 6.45) is 2.69. The number of anilines is 3. The van der Waals surface area contributed by atoms with Crippen LogP contribution in [0.25, 0.3) is 0 Å². The van der Waals surface area contributed by atoms with Crippen molar-refractivity contribution in [1.82, 2.24) is 4.98 Å². The van der Waals surface area contributed by atoms with Crippen molar-refractivity contribution in [2.45, 2.75) is 34.2 Å². The molecule has 40 heavy (non-hydrogen) atoms. The van der Waals surface area contributed by atoms with Crippen LogP contribution < -0.4 is 14.5 Å². The van der Waals surface area contributed by atoms with Crippen LogP contribution in [-0.4, -0.2) is 44.8 Å². The van der Waals surface area contributed by atoms with E-state index < -0.39 is 47.7 Å². The number of imide groups is 1. The molecule has 2 aliphatic rings. The Morgan fingerprint density at radius 3 is 2.10 bits per heavy atom. The number of pyridine rings is 1. The molecule has 2 heterocycles. The molecule has 2 atom stereocenters. The highest BCUT2D eigenvalue weighted by atomic mass is 35.5. The lowest BCUT2D eigenvalue weighted by molar-refractivity contribution is -0.119. The fourth-order valence-corrected chi connectivity index (χ4v) is 6.54. The molecule has 2 aromatic carbocycles. The number of hydrogen-bond acceptors (Lipinski definition) is 7. The van der Waals surface area contributed by atoms with Crippen molar-refractivity contribution in [2.75, 3.05) is 14.5 Å². The van der Waals surface area contributed by atoms with E-state index in [-0.39, 0.29) is 34.3 Å². The second-order valence-electron chi connectivity index (χ2n) is 9.18. The van der Waals surface area contributed by atoms with Gasteiger partial charge < -0.3 is 0 Å². The van der Waals surface area contributed by atoms with E-state index in [1.807, 2.05) is 0 Å². The Morgan fingerprint density at radius 2 is 1.55 bits per heavy atom. The molecule has 16 heteroatoms. The first-order valence-corrected chi connectivity index (χ1v) is 14.8. The summed E-state index contributed by atoms with van der Waals surface area (Å²) < 4.78 is 90.8. The van der Waals surface area contributed by atoms with E-state index in [1.165, 1.54) is 42.7 Å². The molecular weight excluding hydrogens is 597 g/mol. The monoisotopic (exact) mass is 614 g/mol. The molecule has 3 aromatic rings. The number of aromatic nitrogens is 1. The first kappa shape index (κ1) is 27.9. The molecule has 210 valence electrons. The van der Waals surface area contributed by atoms with Crippen molar-refractivity contribution < 1.29 is 39.6 Å². The van der Waals surface area contributed by atoms with Gasteiger partial charge in [-0.3, -0.25) is 19.4 Å². The Balaban J connectivity index is 1.53. The molecule has 2 unspecified atom stereocenters. The van der Waals surface area contributed by atoms with Gasteiger partial charge >= 0.3 is 11.5 Å². The van der Waals surface area contributed by atoms with Crippen LogP contribution in [0.15, 0.2) is 76.8 Å². The fraction of sp³-hybridized carbons (Fsp3) is 0.208. The lowest BCUT2D eigenvalue weighted by Crippen LogP contribution is -2.39. The Bertz CT molecular complexity index is 1750. The third-order valence-electron chi connectivity index (χ3n) is 6.74. The Hall–Kier alpha value is -3.69. The van der Waals surface area contributed by atoms with Crippen LogP contribution in [0.5, 0.6) is 0 Å². The van der Waals surface area contributed by atoms with Crippen molar-refractivity contribution in [3.05, 3.63) is 72.0 Å². The van der Waals surface area contributed by atoms with Crippen molar-refractivity contribution in [1.29, 1.82) is 0 Å². The summed E-state index contributed by atoms with van der Waals surface area (Å²) in [7, 11) is -9.82. The number of halogens is 4. The van der Waals surface area contributed by atoms with Gasteiger partial charge in [-0.15, -0.1) is 0 Å². The van der Waals surface area contributed by atoms with Crippen molar-refractivity contribution in [2.24, 2.45) is 5.92 Å². The van der Waals surface area contributed by atoms with Crippen LogP contribution in [0.1, 0.15) is 13.3 Å². The molecule has 0 bridgehead atoms. The first-order valence-electron chi connectivity index (χ1n) is 11.4. The molecule has 0 radical (unpaired) electrons. The van der Waals surface area contributed by atoms with Crippen molar-refractivity contribution in [3.63, 3.8) is 0 Å². The van der Waals surface area contributed by atoms with Crippen LogP contribution in [0.4, 0.5) is 35.0 Å². The number of alkyl halides is 3. The molecule has 1 aliphatic heterocycles. The smallest absolute Gasteiger partial charge is 0.276 e. The molecule has 1 saturated heterocycles. The van der Waals surface area contributed by atoms with E-state index in [4.69, 9.17) is 11.6 Å². The van der Waals surface area contributed by atoms with E-state index in [1.54, 1.807) is 6.92 Å². The number of carbonyl (C=O) groups is 2. The standard InChI is InChI=1S/C24H18ClF3N4O6S2/c1-14-12-23(14)21(33)31(16-4-8-17(9-5-16)39(35,36)24(26,27)28)22(34)32(23)20-10-11-29-13-19(20)30-40(37,38)18-6-2-15(25)3-7-18/h2-11,13-14,30H,12H2,1H3. The van der Waals surface area contributed by atoms with Crippen LogP contribution in [0.2, 0.25) is 5.02 Å². The van der Waals surface area contributed by atoms with Crippen LogP contribution in [-0.2, 0) is 24.7 Å². The zero-order valence-corrected chi connectivity index (χ0v) is 22.6. The highest BCUT2D eigenvalue weighted by molar-refractivity contribution is 7.92. The number of benzene rings is 2. The van der Waals surface area contributed by atoms with E-state index in [0.717, 1.165) is 21.9 Å². The second-order valence-corrected chi connectivity index (χ2v) is 13.2. The molecular formula is C24H18ClF3N4O6S2. The predicted molar refractivity (Wildman–Crippen MR) is 138 cm³/mol. The highest BCUT2D eigenvalue weighted by Crippen LogP contribution is 2.56. The summed E-state index contributed by atoms with van der Waals surface area (Å²) in [5.74, 6) is -1.05. The zero-order valence-electron chi connectivity index (χ0n) is 20.3. The van der Waals surface area contributed by atoms with Crippen LogP contribution in [0.3, 0.4) is 0 Å².